The third kappa shape index (κ3) is 2.39. The molecule has 0 amide bonds. The van der Waals surface area contributed by atoms with E-state index in [0.29, 0.717) is 11.5 Å². The summed E-state index contributed by atoms with van der Waals surface area (Å²) in [5, 5.41) is 12.7. The Kier molecular flexibility index (Phi) is 3.34. The van der Waals surface area contributed by atoms with E-state index in [4.69, 9.17) is 9.84 Å². The van der Waals surface area contributed by atoms with Crippen LogP contribution in [0, 0.1) is 12.8 Å². The van der Waals surface area contributed by atoms with Gasteiger partial charge in [-0.1, -0.05) is 29.8 Å². The van der Waals surface area contributed by atoms with Gasteiger partial charge in [0.15, 0.2) is 0 Å². The van der Waals surface area contributed by atoms with Crippen LogP contribution < -0.4 is 5.32 Å². The van der Waals surface area contributed by atoms with Crippen LogP contribution in [0.3, 0.4) is 0 Å². The van der Waals surface area contributed by atoms with Gasteiger partial charge in [0.25, 0.3) is 0 Å². The highest BCUT2D eigenvalue weighted by atomic mass is 16.5. The molecule has 0 aliphatic carbocycles. The van der Waals surface area contributed by atoms with Crippen LogP contribution >= 0.6 is 0 Å². The lowest BCUT2D eigenvalue weighted by atomic mass is 9.80. The summed E-state index contributed by atoms with van der Waals surface area (Å²) in [6, 6.07) is 13.7. The Morgan fingerprint density at radius 2 is 2.00 bits per heavy atom. The van der Waals surface area contributed by atoms with Gasteiger partial charge >= 0.3 is 5.97 Å². The maximum absolute atomic E-state index is 11.0. The molecule has 1 saturated heterocycles. The molecule has 4 nitrogen and oxygen atoms in total. The second kappa shape index (κ2) is 5.39. The number of ether oxygens (including phenoxy) is 1. The Labute approximate surface area is 135 Å². The van der Waals surface area contributed by atoms with Gasteiger partial charge in [0.05, 0.1) is 17.7 Å². The zero-order valence-corrected chi connectivity index (χ0v) is 13.0. The second-order valence-corrected chi connectivity index (χ2v) is 6.38. The van der Waals surface area contributed by atoms with E-state index in [1.807, 2.05) is 12.1 Å². The number of carbonyl (C=O) groups is 1. The number of fused-ring (bicyclic) bond motifs is 3. The topological polar surface area (TPSA) is 58.6 Å². The van der Waals surface area contributed by atoms with Crippen molar-refractivity contribution in [1.82, 2.24) is 0 Å². The minimum Gasteiger partial charge on any atom is -0.478 e. The van der Waals surface area contributed by atoms with E-state index in [0.717, 1.165) is 24.3 Å². The van der Waals surface area contributed by atoms with E-state index >= 15 is 0 Å². The first-order valence-corrected chi connectivity index (χ1v) is 7.95. The standard InChI is InChI=1S/C19H19NO3/c1-11-2-7-16-15(10-11)18-14(8-9-23-18)17(20-16)12-3-5-13(6-4-12)19(21)22/h2-7,10,14,17-18,20H,8-9H2,1H3,(H,21,22). The average molecular weight is 309 g/mol. The predicted octanol–water partition coefficient (Wildman–Crippen LogP) is 3.94. The maximum atomic E-state index is 11.0. The highest BCUT2D eigenvalue weighted by molar-refractivity contribution is 5.87. The van der Waals surface area contributed by atoms with Crippen molar-refractivity contribution in [2.75, 3.05) is 11.9 Å². The van der Waals surface area contributed by atoms with Crippen LogP contribution in [0.4, 0.5) is 5.69 Å². The van der Waals surface area contributed by atoms with Gasteiger partial charge in [-0.05, 0) is 37.1 Å². The minimum absolute atomic E-state index is 0.121. The van der Waals surface area contributed by atoms with Crippen LogP contribution in [0.15, 0.2) is 42.5 Å². The van der Waals surface area contributed by atoms with Gasteiger partial charge in [-0.2, -0.15) is 0 Å². The first-order valence-electron chi connectivity index (χ1n) is 7.95. The molecular formula is C19H19NO3. The largest absolute Gasteiger partial charge is 0.478 e. The Morgan fingerprint density at radius 3 is 2.74 bits per heavy atom. The number of anilines is 1. The molecule has 118 valence electrons. The molecule has 2 aromatic rings. The van der Waals surface area contributed by atoms with E-state index in [9.17, 15) is 4.79 Å². The number of nitrogens with one attached hydrogen (secondary N) is 1. The van der Waals surface area contributed by atoms with Crippen molar-refractivity contribution < 1.29 is 14.6 Å². The monoisotopic (exact) mass is 309 g/mol. The molecule has 0 radical (unpaired) electrons. The Balaban J connectivity index is 1.72. The van der Waals surface area contributed by atoms with Crippen LogP contribution in [-0.2, 0) is 4.74 Å². The molecule has 2 aromatic carbocycles. The van der Waals surface area contributed by atoms with Crippen LogP contribution in [0.5, 0.6) is 0 Å². The van der Waals surface area contributed by atoms with Crippen molar-refractivity contribution in [2.24, 2.45) is 5.92 Å². The number of rotatable bonds is 2. The van der Waals surface area contributed by atoms with Gasteiger partial charge in [0.1, 0.15) is 0 Å². The predicted molar refractivity (Wildman–Crippen MR) is 87.7 cm³/mol. The number of benzene rings is 2. The van der Waals surface area contributed by atoms with E-state index < -0.39 is 5.97 Å². The summed E-state index contributed by atoms with van der Waals surface area (Å²) in [5.41, 5.74) is 5.03. The molecule has 2 aliphatic rings. The maximum Gasteiger partial charge on any atom is 0.335 e. The molecule has 0 spiro atoms. The molecule has 2 heterocycles. The van der Waals surface area contributed by atoms with Gasteiger partial charge in [0.2, 0.25) is 0 Å². The third-order valence-corrected chi connectivity index (χ3v) is 4.91. The number of aryl methyl sites for hydroxylation is 1. The fraction of sp³-hybridized carbons (Fsp3) is 0.316. The van der Waals surface area contributed by atoms with Crippen LogP contribution in [-0.4, -0.2) is 17.7 Å². The van der Waals surface area contributed by atoms with E-state index in [1.54, 1.807) is 12.1 Å². The fourth-order valence-electron chi connectivity index (χ4n) is 3.76. The number of hydrogen-bond acceptors (Lipinski definition) is 3. The van der Waals surface area contributed by atoms with Crippen molar-refractivity contribution >= 4 is 11.7 Å². The van der Waals surface area contributed by atoms with Crippen LogP contribution in [0.2, 0.25) is 0 Å². The molecule has 4 heteroatoms. The number of carboxylic acids is 1. The molecule has 23 heavy (non-hydrogen) atoms. The van der Waals surface area contributed by atoms with Gasteiger partial charge in [-0.3, -0.25) is 0 Å². The van der Waals surface area contributed by atoms with E-state index in [1.165, 1.54) is 11.1 Å². The molecule has 2 aliphatic heterocycles. The summed E-state index contributed by atoms with van der Waals surface area (Å²) in [7, 11) is 0. The SMILES string of the molecule is Cc1ccc2c(c1)C1OCCC1C(c1ccc(C(=O)O)cc1)N2. The summed E-state index contributed by atoms with van der Waals surface area (Å²) in [6.07, 6.45) is 1.13. The molecule has 0 bridgehead atoms. The Hall–Kier alpha value is -2.33. The zero-order valence-electron chi connectivity index (χ0n) is 13.0. The fourth-order valence-corrected chi connectivity index (χ4v) is 3.76. The lowest BCUT2D eigenvalue weighted by molar-refractivity contribution is 0.0696. The van der Waals surface area contributed by atoms with Gasteiger partial charge in [0, 0.05) is 23.8 Å². The van der Waals surface area contributed by atoms with Crippen molar-refractivity contribution in [3.63, 3.8) is 0 Å². The molecule has 3 unspecified atom stereocenters. The quantitative estimate of drug-likeness (QED) is 0.882. The van der Waals surface area contributed by atoms with Gasteiger partial charge in [-0.25, -0.2) is 4.79 Å². The van der Waals surface area contributed by atoms with Crippen molar-refractivity contribution in [2.45, 2.75) is 25.5 Å². The highest BCUT2D eigenvalue weighted by Gasteiger charge is 2.41. The Bertz CT molecular complexity index is 754. The number of hydrogen-bond donors (Lipinski definition) is 2. The van der Waals surface area contributed by atoms with E-state index in [-0.39, 0.29) is 12.1 Å². The molecule has 3 atom stereocenters. The van der Waals surface area contributed by atoms with Gasteiger partial charge < -0.3 is 15.2 Å². The zero-order chi connectivity index (χ0) is 16.0. The molecule has 1 fully saturated rings. The average Bonchev–Trinajstić information content (AvgIpc) is 3.04. The third-order valence-electron chi connectivity index (χ3n) is 4.91. The van der Waals surface area contributed by atoms with Crippen LogP contribution in [0.1, 0.15) is 45.6 Å². The second-order valence-electron chi connectivity index (χ2n) is 6.38. The minimum atomic E-state index is -0.893. The van der Waals surface area contributed by atoms with Crippen molar-refractivity contribution in [1.29, 1.82) is 0 Å². The van der Waals surface area contributed by atoms with Crippen LogP contribution in [0.25, 0.3) is 0 Å². The summed E-state index contributed by atoms with van der Waals surface area (Å²) < 4.78 is 6.02. The normalized spacial score (nSPS) is 25.3. The van der Waals surface area contributed by atoms with Gasteiger partial charge in [-0.15, -0.1) is 0 Å². The molecule has 2 N–H and O–H groups in total. The van der Waals surface area contributed by atoms with Crippen molar-refractivity contribution in [3.8, 4) is 0 Å². The summed E-state index contributed by atoms with van der Waals surface area (Å²) in [6.45, 7) is 2.87. The lowest BCUT2D eigenvalue weighted by Gasteiger charge is -2.36. The van der Waals surface area contributed by atoms with E-state index in [2.05, 4.69) is 30.4 Å². The smallest absolute Gasteiger partial charge is 0.335 e. The highest BCUT2D eigenvalue weighted by Crippen LogP contribution is 2.49. The number of aromatic carboxylic acids is 1. The summed E-state index contributed by atoms with van der Waals surface area (Å²) in [4.78, 5) is 11.0. The summed E-state index contributed by atoms with van der Waals surface area (Å²) in [5.74, 6) is -0.518. The van der Waals surface area contributed by atoms with Crippen molar-refractivity contribution in [3.05, 3.63) is 64.7 Å². The molecule has 4 rings (SSSR count). The molecular weight excluding hydrogens is 290 g/mol. The molecule has 0 aromatic heterocycles. The first kappa shape index (κ1) is 14.3. The number of carboxylic acid groups (broad SMARTS) is 1. The lowest BCUT2D eigenvalue weighted by Crippen LogP contribution is -2.29. The summed E-state index contributed by atoms with van der Waals surface area (Å²) >= 11 is 0. The molecule has 0 saturated carbocycles. The Morgan fingerprint density at radius 1 is 1.22 bits per heavy atom. The first-order chi connectivity index (χ1) is 11.1.